The van der Waals surface area contributed by atoms with Crippen molar-refractivity contribution in [1.29, 1.82) is 0 Å². The van der Waals surface area contributed by atoms with Crippen molar-refractivity contribution in [3.63, 3.8) is 0 Å². The monoisotopic (exact) mass is 228 g/mol. The Labute approximate surface area is 96.9 Å². The molecular weight excluding hydrogens is 207 g/mol. The van der Waals surface area contributed by atoms with Gasteiger partial charge in [-0.2, -0.15) is 0 Å². The Kier molecular flexibility index (Phi) is 4.97. The summed E-state index contributed by atoms with van der Waals surface area (Å²) < 4.78 is 18.9. The van der Waals surface area contributed by atoms with Crippen molar-refractivity contribution < 1.29 is 13.9 Å². The summed E-state index contributed by atoms with van der Waals surface area (Å²) in [5.74, 6) is -0.631. The minimum atomic E-state index is -1.23. The van der Waals surface area contributed by atoms with Crippen LogP contribution in [0.1, 0.15) is 46.0 Å². The van der Waals surface area contributed by atoms with Crippen LogP contribution in [0.3, 0.4) is 0 Å². The smallest absolute Gasteiger partial charge is 0.336 e. The average molecular weight is 228 g/mol. The van der Waals surface area contributed by atoms with Crippen LogP contribution < -0.4 is 0 Å². The molecule has 0 aromatic carbocycles. The van der Waals surface area contributed by atoms with E-state index < -0.39 is 12.1 Å². The van der Waals surface area contributed by atoms with E-state index in [0.29, 0.717) is 0 Å². The lowest BCUT2D eigenvalue weighted by atomic mass is 9.83. The molecule has 0 aliphatic heterocycles. The number of alkyl halides is 1. The highest BCUT2D eigenvalue weighted by atomic mass is 19.1. The van der Waals surface area contributed by atoms with Crippen molar-refractivity contribution in [2.45, 2.75) is 58.2 Å². The summed E-state index contributed by atoms with van der Waals surface area (Å²) in [5, 5.41) is 0. The second-order valence-electron chi connectivity index (χ2n) is 4.78. The third-order valence-corrected chi connectivity index (χ3v) is 3.00. The number of esters is 1. The van der Waals surface area contributed by atoms with Crippen molar-refractivity contribution in [3.05, 3.63) is 12.2 Å². The number of hydrogen-bond donors (Lipinski definition) is 0. The Bertz CT molecular complexity index is 255. The van der Waals surface area contributed by atoms with Crippen molar-refractivity contribution >= 4 is 5.97 Å². The number of carbonyl (C=O) groups excluding carboxylic acids is 1. The van der Waals surface area contributed by atoms with E-state index in [4.69, 9.17) is 4.74 Å². The summed E-state index contributed by atoms with van der Waals surface area (Å²) in [6, 6.07) is 0. The van der Waals surface area contributed by atoms with Crippen LogP contribution >= 0.6 is 0 Å². The molecule has 16 heavy (non-hydrogen) atoms. The standard InChI is InChI=1S/C13H21FO2/c1-9(2)16-13(15)10(3)12(14)11-7-5-4-6-8-11/h9,11-12H,3-8H2,1-2H3. The molecule has 92 valence electrons. The van der Waals surface area contributed by atoms with Gasteiger partial charge in [0.25, 0.3) is 0 Å². The number of carbonyl (C=O) groups is 1. The van der Waals surface area contributed by atoms with Gasteiger partial charge in [0.05, 0.1) is 11.7 Å². The number of halogens is 1. The lowest BCUT2D eigenvalue weighted by molar-refractivity contribution is -0.143. The molecule has 0 spiro atoms. The molecule has 2 nitrogen and oxygen atoms in total. The molecule has 0 heterocycles. The topological polar surface area (TPSA) is 26.3 Å². The molecule has 1 fully saturated rings. The number of rotatable bonds is 4. The lowest BCUT2D eigenvalue weighted by Gasteiger charge is -2.25. The van der Waals surface area contributed by atoms with Crippen LogP contribution in [0.15, 0.2) is 12.2 Å². The summed E-state index contributed by atoms with van der Waals surface area (Å²) in [5.41, 5.74) is -0.0133. The quantitative estimate of drug-likeness (QED) is 0.544. The third-order valence-electron chi connectivity index (χ3n) is 3.00. The second-order valence-corrected chi connectivity index (χ2v) is 4.78. The van der Waals surface area contributed by atoms with Gasteiger partial charge in [-0.15, -0.1) is 0 Å². The lowest BCUT2D eigenvalue weighted by Crippen LogP contribution is -2.26. The predicted octanol–water partition coefficient (Wildman–Crippen LogP) is 3.41. The molecular formula is C13H21FO2. The number of ether oxygens (including phenoxy) is 1. The SMILES string of the molecule is C=C(C(=O)OC(C)C)C(F)C1CCCCC1. The molecule has 0 amide bonds. The van der Waals surface area contributed by atoms with E-state index in [0.717, 1.165) is 25.7 Å². The van der Waals surface area contributed by atoms with Gasteiger partial charge in [0.15, 0.2) is 0 Å². The third kappa shape index (κ3) is 3.62. The van der Waals surface area contributed by atoms with Crippen LogP contribution in [0.25, 0.3) is 0 Å². The summed E-state index contributed by atoms with van der Waals surface area (Å²) >= 11 is 0. The maximum absolute atomic E-state index is 14.0. The van der Waals surface area contributed by atoms with E-state index >= 15 is 0 Å². The molecule has 0 aromatic heterocycles. The Hall–Kier alpha value is -0.860. The molecule has 0 N–H and O–H groups in total. The highest BCUT2D eigenvalue weighted by Gasteiger charge is 2.29. The van der Waals surface area contributed by atoms with Crippen LogP contribution in [0.4, 0.5) is 4.39 Å². The average Bonchev–Trinajstić information content (AvgIpc) is 2.27. The van der Waals surface area contributed by atoms with Crippen LogP contribution in [0, 0.1) is 5.92 Å². The first-order chi connectivity index (χ1) is 7.52. The van der Waals surface area contributed by atoms with Crippen LogP contribution in [-0.2, 0) is 9.53 Å². The molecule has 1 atom stereocenters. The Morgan fingerprint density at radius 3 is 2.38 bits per heavy atom. The summed E-state index contributed by atoms with van der Waals surface area (Å²) in [4.78, 5) is 11.5. The van der Waals surface area contributed by atoms with Crippen LogP contribution in [0.2, 0.25) is 0 Å². The molecule has 0 aromatic rings. The zero-order valence-corrected chi connectivity index (χ0v) is 10.2. The van der Waals surface area contributed by atoms with E-state index in [1.165, 1.54) is 6.42 Å². The minimum Gasteiger partial charge on any atom is -0.460 e. The summed E-state index contributed by atoms with van der Waals surface area (Å²) in [6.45, 7) is 7.03. The van der Waals surface area contributed by atoms with Gasteiger partial charge in [-0.05, 0) is 32.6 Å². The Morgan fingerprint density at radius 2 is 1.88 bits per heavy atom. The van der Waals surface area contributed by atoms with Crippen molar-refractivity contribution in [2.75, 3.05) is 0 Å². The minimum absolute atomic E-state index is 0.0133. The fourth-order valence-electron chi connectivity index (χ4n) is 2.11. The van der Waals surface area contributed by atoms with Crippen LogP contribution in [0.5, 0.6) is 0 Å². The zero-order chi connectivity index (χ0) is 12.1. The molecule has 1 rings (SSSR count). The van der Waals surface area contributed by atoms with Gasteiger partial charge in [-0.25, -0.2) is 9.18 Å². The maximum Gasteiger partial charge on any atom is 0.336 e. The van der Waals surface area contributed by atoms with Gasteiger partial charge >= 0.3 is 5.97 Å². The molecule has 0 bridgehead atoms. The largest absolute Gasteiger partial charge is 0.460 e. The molecule has 1 unspecified atom stereocenters. The van der Waals surface area contributed by atoms with Gasteiger partial charge in [0.2, 0.25) is 0 Å². The summed E-state index contributed by atoms with van der Waals surface area (Å²) in [7, 11) is 0. The van der Waals surface area contributed by atoms with E-state index in [1.54, 1.807) is 13.8 Å². The highest BCUT2D eigenvalue weighted by Crippen LogP contribution is 2.31. The first-order valence-electron chi connectivity index (χ1n) is 6.06. The first kappa shape index (κ1) is 13.2. The van der Waals surface area contributed by atoms with Crippen molar-refractivity contribution in [1.82, 2.24) is 0 Å². The normalized spacial score (nSPS) is 19.5. The molecule has 0 saturated heterocycles. The maximum atomic E-state index is 14.0. The predicted molar refractivity (Wildman–Crippen MR) is 61.8 cm³/mol. The van der Waals surface area contributed by atoms with E-state index in [1.807, 2.05) is 0 Å². The van der Waals surface area contributed by atoms with Crippen molar-refractivity contribution in [2.24, 2.45) is 5.92 Å². The van der Waals surface area contributed by atoms with Gasteiger partial charge in [0.1, 0.15) is 6.17 Å². The van der Waals surface area contributed by atoms with Crippen molar-refractivity contribution in [3.8, 4) is 0 Å². The molecule has 0 radical (unpaired) electrons. The first-order valence-corrected chi connectivity index (χ1v) is 6.06. The van der Waals surface area contributed by atoms with E-state index in [9.17, 15) is 9.18 Å². The van der Waals surface area contributed by atoms with E-state index in [2.05, 4.69) is 6.58 Å². The fraction of sp³-hybridized carbons (Fsp3) is 0.769. The second kappa shape index (κ2) is 6.02. The molecule has 1 aliphatic rings. The Morgan fingerprint density at radius 1 is 1.31 bits per heavy atom. The highest BCUT2D eigenvalue weighted by molar-refractivity contribution is 5.89. The molecule has 3 heteroatoms. The van der Waals surface area contributed by atoms with E-state index in [-0.39, 0.29) is 17.6 Å². The molecule has 1 saturated carbocycles. The fourth-order valence-corrected chi connectivity index (χ4v) is 2.11. The summed E-state index contributed by atoms with van der Waals surface area (Å²) in [6.07, 6.45) is 3.54. The van der Waals surface area contributed by atoms with Gasteiger partial charge in [-0.3, -0.25) is 0 Å². The molecule has 1 aliphatic carbocycles. The van der Waals surface area contributed by atoms with Crippen LogP contribution in [-0.4, -0.2) is 18.2 Å². The van der Waals surface area contributed by atoms with Gasteiger partial charge in [-0.1, -0.05) is 25.8 Å². The van der Waals surface area contributed by atoms with Gasteiger partial charge < -0.3 is 4.74 Å². The van der Waals surface area contributed by atoms with Gasteiger partial charge in [0, 0.05) is 0 Å². The Balaban J connectivity index is 2.48. The zero-order valence-electron chi connectivity index (χ0n) is 10.2. The number of hydrogen-bond acceptors (Lipinski definition) is 2.